The highest BCUT2D eigenvalue weighted by atomic mass is 32.1. The van der Waals surface area contributed by atoms with Gasteiger partial charge in [-0.3, -0.25) is 14.5 Å². The highest BCUT2D eigenvalue weighted by Crippen LogP contribution is 2.23. The van der Waals surface area contributed by atoms with E-state index in [-0.39, 0.29) is 12.3 Å². The van der Waals surface area contributed by atoms with Crippen LogP contribution in [0, 0.1) is 4.77 Å². The second-order valence-corrected chi connectivity index (χ2v) is 9.40. The zero-order chi connectivity index (χ0) is 21.9. The van der Waals surface area contributed by atoms with Crippen molar-refractivity contribution in [1.82, 2.24) is 19.3 Å². The number of rotatable bonds is 6. The van der Waals surface area contributed by atoms with E-state index in [1.165, 1.54) is 27.7 Å². The van der Waals surface area contributed by atoms with Gasteiger partial charge in [0, 0.05) is 24.5 Å². The van der Waals surface area contributed by atoms with Gasteiger partial charge in [0.25, 0.3) is 0 Å². The van der Waals surface area contributed by atoms with Gasteiger partial charge >= 0.3 is 0 Å². The van der Waals surface area contributed by atoms with Gasteiger partial charge < -0.3 is 4.57 Å². The Hall–Kier alpha value is -3.14. The van der Waals surface area contributed by atoms with Crippen LogP contribution in [0.5, 0.6) is 0 Å². The molecule has 0 spiro atoms. The van der Waals surface area contributed by atoms with Crippen molar-refractivity contribution in [3.8, 4) is 10.7 Å². The number of aromatic nitrogens is 4. The number of carbonyl (C=O) groups is 1. The average molecular weight is 478 g/mol. The monoisotopic (exact) mass is 477 g/mol. The summed E-state index contributed by atoms with van der Waals surface area (Å²) < 4.78 is 4.38. The smallest absolute Gasteiger partial charge is 0.250 e. The molecule has 9 heteroatoms. The van der Waals surface area contributed by atoms with Crippen molar-refractivity contribution in [3.05, 3.63) is 86.7 Å². The van der Waals surface area contributed by atoms with Gasteiger partial charge in [0.05, 0.1) is 11.4 Å². The topological polar surface area (TPSA) is 68.0 Å². The minimum Gasteiger partial charge on any atom is -0.319 e. The van der Waals surface area contributed by atoms with Gasteiger partial charge in [0.2, 0.25) is 5.91 Å². The minimum absolute atomic E-state index is 0.181. The molecular weight excluding hydrogens is 458 g/mol. The fourth-order valence-electron chi connectivity index (χ4n) is 3.61. The first-order chi connectivity index (χ1) is 15.7. The van der Waals surface area contributed by atoms with Crippen molar-refractivity contribution in [3.63, 3.8) is 0 Å². The zero-order valence-electron chi connectivity index (χ0n) is 17.0. The summed E-state index contributed by atoms with van der Waals surface area (Å²) in [5, 5.41) is 13.5. The van der Waals surface area contributed by atoms with Crippen LogP contribution in [0.1, 0.15) is 12.0 Å². The Kier molecular flexibility index (Phi) is 5.93. The predicted octanol–water partition coefficient (Wildman–Crippen LogP) is 5.25. The summed E-state index contributed by atoms with van der Waals surface area (Å²) in [5.74, 6) is 0.569. The number of H-pyrrole nitrogens is 1. The molecule has 0 bridgehead atoms. The molecule has 0 saturated carbocycles. The molecule has 0 aliphatic rings. The third kappa shape index (κ3) is 4.27. The molecule has 0 radical (unpaired) electrons. The van der Waals surface area contributed by atoms with Crippen molar-refractivity contribution in [2.75, 3.05) is 0 Å². The first-order valence-electron chi connectivity index (χ1n) is 10.1. The van der Waals surface area contributed by atoms with Crippen LogP contribution in [0.4, 0.5) is 0 Å². The lowest BCUT2D eigenvalue weighted by molar-refractivity contribution is -0.118. The number of nitrogens with one attached hydrogen (secondary N) is 1. The summed E-state index contributed by atoms with van der Waals surface area (Å²) >= 11 is 8.40. The molecule has 6 nitrogen and oxygen atoms in total. The number of hydrogen-bond acceptors (Lipinski definition) is 5. The van der Waals surface area contributed by atoms with Gasteiger partial charge in [-0.2, -0.15) is 10.1 Å². The van der Waals surface area contributed by atoms with Crippen LogP contribution in [0.3, 0.4) is 0 Å². The molecule has 5 rings (SSSR count). The Balaban J connectivity index is 1.35. The van der Waals surface area contributed by atoms with Gasteiger partial charge in [0.1, 0.15) is 0 Å². The number of nitrogens with zero attached hydrogens (tertiary/aromatic N) is 4. The van der Waals surface area contributed by atoms with Crippen LogP contribution in [0.25, 0.3) is 21.5 Å². The summed E-state index contributed by atoms with van der Waals surface area (Å²) in [4.78, 5) is 18.8. The number of carbonyl (C=O) groups excluding carboxylic acids is 1. The number of thiazole rings is 1. The first kappa shape index (κ1) is 20.7. The third-order valence-corrected chi connectivity index (χ3v) is 7.12. The van der Waals surface area contributed by atoms with E-state index in [0.717, 1.165) is 10.7 Å². The van der Waals surface area contributed by atoms with Gasteiger partial charge in [0.15, 0.2) is 15.4 Å². The molecule has 160 valence electrons. The highest BCUT2D eigenvalue weighted by molar-refractivity contribution is 7.71. The molecule has 2 aromatic carbocycles. The molecule has 32 heavy (non-hydrogen) atoms. The maximum atomic E-state index is 12.7. The number of benzene rings is 2. The molecule has 3 aromatic heterocycles. The van der Waals surface area contributed by atoms with E-state index in [9.17, 15) is 4.79 Å². The lowest BCUT2D eigenvalue weighted by atomic mass is 10.0. The Labute approximate surface area is 197 Å². The van der Waals surface area contributed by atoms with Crippen molar-refractivity contribution >= 4 is 51.6 Å². The van der Waals surface area contributed by atoms with Gasteiger partial charge in [-0.15, -0.1) is 22.7 Å². The van der Waals surface area contributed by atoms with E-state index < -0.39 is 0 Å². The number of aromatic amines is 1. The Morgan fingerprint density at radius 3 is 2.81 bits per heavy atom. The van der Waals surface area contributed by atoms with Crippen molar-refractivity contribution < 1.29 is 4.79 Å². The summed E-state index contributed by atoms with van der Waals surface area (Å²) in [6, 6.07) is 18.6. The largest absolute Gasteiger partial charge is 0.319 e. The van der Waals surface area contributed by atoms with Crippen molar-refractivity contribution in [2.24, 2.45) is 4.99 Å². The Morgan fingerprint density at radius 1 is 1.06 bits per heavy atom. The maximum Gasteiger partial charge on any atom is 0.250 e. The minimum atomic E-state index is -0.181. The van der Waals surface area contributed by atoms with E-state index in [1.54, 1.807) is 11.3 Å². The van der Waals surface area contributed by atoms with Crippen LogP contribution in [-0.2, 0) is 17.9 Å². The molecule has 0 atom stereocenters. The van der Waals surface area contributed by atoms with E-state index in [4.69, 9.17) is 12.2 Å². The first-order valence-corrected chi connectivity index (χ1v) is 12.2. The molecule has 0 unspecified atom stereocenters. The van der Waals surface area contributed by atoms with Gasteiger partial charge in [-0.25, -0.2) is 0 Å². The fourth-order valence-corrected chi connectivity index (χ4v) is 5.30. The molecule has 0 aliphatic heterocycles. The molecular formula is C23H19N5OS3. The third-order valence-electron chi connectivity index (χ3n) is 5.15. The van der Waals surface area contributed by atoms with E-state index in [0.29, 0.717) is 22.7 Å². The van der Waals surface area contributed by atoms with Crippen molar-refractivity contribution in [1.29, 1.82) is 0 Å². The highest BCUT2D eigenvalue weighted by Gasteiger charge is 2.11. The molecule has 0 fully saturated rings. The van der Waals surface area contributed by atoms with Crippen molar-refractivity contribution in [2.45, 2.75) is 19.5 Å². The molecule has 1 amide bonds. The SMILES string of the molecule is O=C(CCn1c(-c2cccs2)n[nH]c1=S)N=c1sccn1Cc1cccc2ccccc12. The number of fused-ring (bicyclic) bond motifs is 1. The van der Waals surface area contributed by atoms with E-state index in [1.807, 2.05) is 50.4 Å². The van der Waals surface area contributed by atoms with Crippen LogP contribution >= 0.6 is 34.9 Å². The Bertz CT molecular complexity index is 1500. The summed E-state index contributed by atoms with van der Waals surface area (Å²) in [5.41, 5.74) is 1.20. The number of amides is 1. The van der Waals surface area contributed by atoms with E-state index in [2.05, 4.69) is 45.5 Å². The maximum absolute atomic E-state index is 12.7. The van der Waals surface area contributed by atoms with Crippen LogP contribution < -0.4 is 4.80 Å². The van der Waals surface area contributed by atoms with Crippen LogP contribution in [-0.4, -0.2) is 25.2 Å². The second kappa shape index (κ2) is 9.15. The average Bonchev–Trinajstić information content (AvgIpc) is 3.55. The van der Waals surface area contributed by atoms with Crippen LogP contribution in [0.2, 0.25) is 0 Å². The second-order valence-electron chi connectivity index (χ2n) is 7.19. The standard InChI is InChI=1S/C23H19N5OS3/c29-20(10-11-28-21(25-26-22(28)30)19-9-4-13-31-19)24-23-27(12-14-32-23)15-17-7-3-6-16-5-1-2-8-18(16)17/h1-9,12-14H,10-11,15H2,(H,26,30). The predicted molar refractivity (Wildman–Crippen MR) is 131 cm³/mol. The fraction of sp³-hybridized carbons (Fsp3) is 0.130. The molecule has 0 aliphatic carbocycles. The molecule has 0 saturated heterocycles. The zero-order valence-corrected chi connectivity index (χ0v) is 19.4. The van der Waals surface area contributed by atoms with Gasteiger partial charge in [-0.05, 0) is 40.0 Å². The molecule has 3 heterocycles. The van der Waals surface area contributed by atoms with E-state index >= 15 is 0 Å². The molecule has 5 aromatic rings. The number of hydrogen-bond donors (Lipinski definition) is 1. The molecule has 1 N–H and O–H groups in total. The number of thiophene rings is 1. The lowest BCUT2D eigenvalue weighted by Gasteiger charge is -2.08. The normalized spacial score (nSPS) is 11.9. The summed E-state index contributed by atoms with van der Waals surface area (Å²) in [6.07, 6.45) is 2.22. The quantitative estimate of drug-likeness (QED) is 0.340. The summed E-state index contributed by atoms with van der Waals surface area (Å²) in [6.45, 7) is 1.09. The Morgan fingerprint density at radius 2 is 1.94 bits per heavy atom. The van der Waals surface area contributed by atoms with Crippen LogP contribution in [0.15, 0.2) is 76.5 Å². The lowest BCUT2D eigenvalue weighted by Crippen LogP contribution is -2.17. The summed E-state index contributed by atoms with van der Waals surface area (Å²) in [7, 11) is 0. The van der Waals surface area contributed by atoms with Gasteiger partial charge in [-0.1, -0.05) is 48.5 Å².